The molecule has 0 bridgehead atoms. The summed E-state index contributed by atoms with van der Waals surface area (Å²) in [5.41, 5.74) is 2.88. The molecule has 154 valence electrons. The monoisotopic (exact) mass is 398 g/mol. The van der Waals surface area contributed by atoms with Crippen LogP contribution in [0, 0.1) is 12.7 Å². The van der Waals surface area contributed by atoms with Crippen molar-refractivity contribution in [2.75, 3.05) is 31.1 Å². The molecule has 7 heteroatoms. The van der Waals surface area contributed by atoms with Gasteiger partial charge >= 0.3 is 6.09 Å². The van der Waals surface area contributed by atoms with Crippen LogP contribution in [0.3, 0.4) is 0 Å². The molecular formula is C22H27FN4O2. The molecule has 1 atom stereocenters. The Labute approximate surface area is 171 Å². The minimum Gasteiger partial charge on any atom is -0.450 e. The second-order valence-electron chi connectivity index (χ2n) is 7.03. The summed E-state index contributed by atoms with van der Waals surface area (Å²) in [6.07, 6.45) is 3.14. The number of ether oxygens (including phenoxy) is 1. The van der Waals surface area contributed by atoms with Gasteiger partial charge in [0.15, 0.2) is 0 Å². The summed E-state index contributed by atoms with van der Waals surface area (Å²) in [6.45, 7) is 9.70. The fourth-order valence-corrected chi connectivity index (χ4v) is 3.76. The number of benzene rings is 1. The Morgan fingerprint density at radius 2 is 2.07 bits per heavy atom. The number of piperazine rings is 1. The minimum atomic E-state index is -0.292. The second-order valence-corrected chi connectivity index (χ2v) is 7.03. The van der Waals surface area contributed by atoms with Crippen molar-refractivity contribution in [3.63, 3.8) is 0 Å². The van der Waals surface area contributed by atoms with Gasteiger partial charge in [0.2, 0.25) is 0 Å². The van der Waals surface area contributed by atoms with Crippen LogP contribution in [0.2, 0.25) is 0 Å². The third kappa shape index (κ3) is 4.23. The van der Waals surface area contributed by atoms with E-state index < -0.39 is 0 Å². The molecule has 0 N–H and O–H groups in total. The van der Waals surface area contributed by atoms with Crippen molar-refractivity contribution in [3.8, 4) is 0 Å². The van der Waals surface area contributed by atoms with Crippen LogP contribution in [-0.2, 0) is 4.74 Å². The molecule has 0 radical (unpaired) electrons. The van der Waals surface area contributed by atoms with Gasteiger partial charge in [0.05, 0.1) is 12.3 Å². The van der Waals surface area contributed by atoms with Gasteiger partial charge in [-0.3, -0.25) is 0 Å². The molecule has 3 rings (SSSR count). The third-order valence-corrected chi connectivity index (χ3v) is 5.17. The highest BCUT2D eigenvalue weighted by atomic mass is 19.1. The Morgan fingerprint density at radius 3 is 2.72 bits per heavy atom. The fourth-order valence-electron chi connectivity index (χ4n) is 3.76. The lowest BCUT2D eigenvalue weighted by Crippen LogP contribution is -2.54. The second kappa shape index (κ2) is 9.03. The molecular weight excluding hydrogens is 371 g/mol. The van der Waals surface area contributed by atoms with E-state index in [0.29, 0.717) is 31.8 Å². The SMILES string of the molecule is C/C=C(/c1ccccc1F)c1c(C)ncnc1N1CCN(C(=O)OCC)C(C)C1. The van der Waals surface area contributed by atoms with E-state index in [-0.39, 0.29) is 18.0 Å². The number of amides is 1. The number of aromatic nitrogens is 2. The Hall–Kier alpha value is -2.96. The molecule has 1 aliphatic heterocycles. The predicted molar refractivity (Wildman–Crippen MR) is 111 cm³/mol. The molecule has 1 aromatic heterocycles. The van der Waals surface area contributed by atoms with E-state index in [4.69, 9.17) is 4.74 Å². The highest BCUT2D eigenvalue weighted by Crippen LogP contribution is 2.34. The van der Waals surface area contributed by atoms with E-state index in [1.807, 2.05) is 32.9 Å². The summed E-state index contributed by atoms with van der Waals surface area (Å²) < 4.78 is 19.7. The van der Waals surface area contributed by atoms with Crippen molar-refractivity contribution >= 4 is 17.5 Å². The van der Waals surface area contributed by atoms with Crippen LogP contribution in [0.25, 0.3) is 5.57 Å². The smallest absolute Gasteiger partial charge is 0.410 e. The number of halogens is 1. The van der Waals surface area contributed by atoms with Crippen LogP contribution in [0.15, 0.2) is 36.7 Å². The predicted octanol–water partition coefficient (Wildman–Crippen LogP) is 4.04. The van der Waals surface area contributed by atoms with E-state index >= 15 is 0 Å². The van der Waals surface area contributed by atoms with Crippen molar-refractivity contribution in [2.24, 2.45) is 0 Å². The molecule has 1 fully saturated rings. The average molecular weight is 398 g/mol. The van der Waals surface area contributed by atoms with Gasteiger partial charge in [-0.25, -0.2) is 19.2 Å². The quantitative estimate of drug-likeness (QED) is 0.778. The van der Waals surface area contributed by atoms with E-state index in [1.165, 1.54) is 12.4 Å². The van der Waals surface area contributed by atoms with E-state index in [9.17, 15) is 9.18 Å². The fraction of sp³-hybridized carbons (Fsp3) is 0.409. The van der Waals surface area contributed by atoms with Crippen LogP contribution < -0.4 is 4.90 Å². The molecule has 1 amide bonds. The molecule has 29 heavy (non-hydrogen) atoms. The topological polar surface area (TPSA) is 58.6 Å². The lowest BCUT2D eigenvalue weighted by molar-refractivity contribution is 0.0890. The largest absolute Gasteiger partial charge is 0.450 e. The molecule has 1 unspecified atom stereocenters. The highest BCUT2D eigenvalue weighted by molar-refractivity contribution is 5.86. The highest BCUT2D eigenvalue weighted by Gasteiger charge is 2.31. The number of hydrogen-bond donors (Lipinski definition) is 0. The van der Waals surface area contributed by atoms with Crippen LogP contribution in [0.5, 0.6) is 0 Å². The number of nitrogens with zero attached hydrogens (tertiary/aromatic N) is 4. The first-order chi connectivity index (χ1) is 14.0. The van der Waals surface area contributed by atoms with Crippen LogP contribution in [0.1, 0.15) is 37.6 Å². The number of anilines is 1. The lowest BCUT2D eigenvalue weighted by Gasteiger charge is -2.40. The first-order valence-corrected chi connectivity index (χ1v) is 9.89. The standard InChI is InChI=1S/C22H27FN4O2/c1-5-17(18-9-7-8-10-19(18)23)20-16(4)24-14-25-21(20)26-11-12-27(15(3)13-26)22(28)29-6-2/h5,7-10,14-15H,6,11-13H2,1-4H3/b17-5-. The molecule has 1 aromatic carbocycles. The van der Waals surface area contributed by atoms with Gasteiger partial charge in [-0.2, -0.15) is 0 Å². The molecule has 0 saturated carbocycles. The van der Waals surface area contributed by atoms with Gasteiger partial charge in [0.1, 0.15) is 18.0 Å². The molecule has 0 spiro atoms. The normalized spacial score (nSPS) is 17.4. The molecule has 1 aliphatic rings. The van der Waals surface area contributed by atoms with Crippen molar-refractivity contribution in [3.05, 3.63) is 59.3 Å². The lowest BCUT2D eigenvalue weighted by atomic mass is 9.95. The molecule has 2 heterocycles. The Balaban J connectivity index is 1.96. The maximum absolute atomic E-state index is 14.5. The maximum atomic E-state index is 14.5. The summed E-state index contributed by atoms with van der Waals surface area (Å²) in [7, 11) is 0. The van der Waals surface area contributed by atoms with Gasteiger partial charge in [0.25, 0.3) is 0 Å². The first kappa shape index (κ1) is 20.8. The number of hydrogen-bond acceptors (Lipinski definition) is 5. The Bertz CT molecular complexity index is 915. The minimum absolute atomic E-state index is 0.0339. The summed E-state index contributed by atoms with van der Waals surface area (Å²) in [5.74, 6) is 0.472. The maximum Gasteiger partial charge on any atom is 0.410 e. The van der Waals surface area contributed by atoms with Crippen molar-refractivity contribution in [1.82, 2.24) is 14.9 Å². The zero-order valence-electron chi connectivity index (χ0n) is 17.4. The van der Waals surface area contributed by atoms with Crippen LogP contribution >= 0.6 is 0 Å². The van der Waals surface area contributed by atoms with Gasteiger partial charge in [-0.05, 0) is 39.3 Å². The zero-order chi connectivity index (χ0) is 21.0. The molecule has 6 nitrogen and oxygen atoms in total. The van der Waals surface area contributed by atoms with Gasteiger partial charge < -0.3 is 14.5 Å². The number of allylic oxidation sites excluding steroid dienone is 1. The zero-order valence-corrected chi connectivity index (χ0v) is 17.4. The van der Waals surface area contributed by atoms with Gasteiger partial charge in [-0.15, -0.1) is 0 Å². The molecule has 1 saturated heterocycles. The van der Waals surface area contributed by atoms with E-state index in [2.05, 4.69) is 14.9 Å². The number of rotatable bonds is 4. The van der Waals surface area contributed by atoms with E-state index in [1.54, 1.807) is 24.0 Å². The number of carbonyl (C=O) groups is 1. The summed E-state index contributed by atoms with van der Waals surface area (Å²) in [6, 6.07) is 6.69. The number of aryl methyl sites for hydroxylation is 1. The van der Waals surface area contributed by atoms with Crippen molar-refractivity contribution in [2.45, 2.75) is 33.7 Å². The van der Waals surface area contributed by atoms with Gasteiger partial charge in [0, 0.05) is 36.8 Å². The molecule has 2 aromatic rings. The number of carbonyl (C=O) groups excluding carboxylic acids is 1. The van der Waals surface area contributed by atoms with Crippen molar-refractivity contribution < 1.29 is 13.9 Å². The Kier molecular flexibility index (Phi) is 6.46. The van der Waals surface area contributed by atoms with Gasteiger partial charge in [-0.1, -0.05) is 24.3 Å². The van der Waals surface area contributed by atoms with Crippen LogP contribution in [-0.4, -0.2) is 53.2 Å². The summed E-state index contributed by atoms with van der Waals surface area (Å²) in [4.78, 5) is 24.9. The average Bonchev–Trinajstić information content (AvgIpc) is 2.71. The third-order valence-electron chi connectivity index (χ3n) is 5.17. The Morgan fingerprint density at radius 1 is 1.31 bits per heavy atom. The summed E-state index contributed by atoms with van der Waals surface area (Å²) in [5, 5.41) is 0. The van der Waals surface area contributed by atoms with Crippen LogP contribution in [0.4, 0.5) is 15.0 Å². The van der Waals surface area contributed by atoms with Crippen molar-refractivity contribution in [1.29, 1.82) is 0 Å². The summed E-state index contributed by atoms with van der Waals surface area (Å²) >= 11 is 0. The first-order valence-electron chi connectivity index (χ1n) is 9.89. The molecule has 0 aliphatic carbocycles. The van der Waals surface area contributed by atoms with E-state index in [0.717, 1.165) is 22.6 Å².